The Hall–Kier alpha value is -4.27. The summed E-state index contributed by atoms with van der Waals surface area (Å²) in [5.74, 6) is -2.03. The SMILES string of the molecule is CNc1ccc(C(=O)OC(C(=O)Nc2ccc(F)cc2)c2ccccc2)cc1[N+](=O)[O-]. The summed E-state index contributed by atoms with van der Waals surface area (Å²) in [7, 11) is 1.52. The van der Waals surface area contributed by atoms with Gasteiger partial charge in [0.25, 0.3) is 11.6 Å². The Bertz CT molecular complexity index is 1100. The molecular weight excluding hydrogens is 405 g/mol. The van der Waals surface area contributed by atoms with Gasteiger partial charge in [0.2, 0.25) is 6.10 Å². The number of ether oxygens (including phenoxy) is 1. The van der Waals surface area contributed by atoms with Crippen LogP contribution in [0.3, 0.4) is 0 Å². The van der Waals surface area contributed by atoms with Crippen LogP contribution in [-0.4, -0.2) is 23.8 Å². The molecule has 2 N–H and O–H groups in total. The number of hydrogen-bond donors (Lipinski definition) is 2. The first-order valence-corrected chi connectivity index (χ1v) is 9.17. The van der Waals surface area contributed by atoms with Gasteiger partial charge < -0.3 is 15.4 Å². The van der Waals surface area contributed by atoms with E-state index in [-0.39, 0.29) is 16.9 Å². The number of rotatable bonds is 7. The Labute approximate surface area is 176 Å². The number of anilines is 2. The Morgan fingerprint density at radius 3 is 2.32 bits per heavy atom. The maximum absolute atomic E-state index is 13.1. The molecule has 0 saturated carbocycles. The Kier molecular flexibility index (Phi) is 6.56. The molecule has 0 fully saturated rings. The Balaban J connectivity index is 1.87. The predicted molar refractivity (Wildman–Crippen MR) is 112 cm³/mol. The third-order valence-corrected chi connectivity index (χ3v) is 4.38. The van der Waals surface area contributed by atoms with Crippen LogP contribution in [0, 0.1) is 15.9 Å². The van der Waals surface area contributed by atoms with E-state index in [2.05, 4.69) is 10.6 Å². The molecule has 0 radical (unpaired) electrons. The number of nitro groups is 1. The van der Waals surface area contributed by atoms with Gasteiger partial charge in [-0.2, -0.15) is 0 Å². The number of benzene rings is 3. The molecule has 0 aliphatic rings. The summed E-state index contributed by atoms with van der Waals surface area (Å²) in [4.78, 5) is 36.2. The number of halogens is 1. The lowest BCUT2D eigenvalue weighted by molar-refractivity contribution is -0.384. The minimum absolute atomic E-state index is 0.0822. The van der Waals surface area contributed by atoms with Gasteiger partial charge >= 0.3 is 5.97 Å². The molecule has 0 bridgehead atoms. The fraction of sp³-hybridized carbons (Fsp3) is 0.0909. The quantitative estimate of drug-likeness (QED) is 0.333. The van der Waals surface area contributed by atoms with E-state index in [1.165, 1.54) is 43.4 Å². The molecule has 0 saturated heterocycles. The normalized spacial score (nSPS) is 11.3. The minimum atomic E-state index is -1.33. The van der Waals surface area contributed by atoms with Gasteiger partial charge in [-0.05, 0) is 36.4 Å². The molecule has 3 rings (SSSR count). The van der Waals surface area contributed by atoms with E-state index in [4.69, 9.17) is 4.74 Å². The molecule has 8 nitrogen and oxygen atoms in total. The molecule has 3 aromatic rings. The molecule has 3 aromatic carbocycles. The monoisotopic (exact) mass is 423 g/mol. The first kappa shape index (κ1) is 21.4. The largest absolute Gasteiger partial charge is 0.444 e. The van der Waals surface area contributed by atoms with Crippen LogP contribution in [0.25, 0.3) is 0 Å². The molecule has 0 spiro atoms. The summed E-state index contributed by atoms with van der Waals surface area (Å²) in [5, 5.41) is 16.5. The predicted octanol–water partition coefficient (Wildman–Crippen LogP) is 4.31. The summed E-state index contributed by atoms with van der Waals surface area (Å²) in [6.07, 6.45) is -1.33. The van der Waals surface area contributed by atoms with Crippen molar-refractivity contribution < 1.29 is 23.6 Å². The molecule has 1 unspecified atom stereocenters. The number of carbonyl (C=O) groups is 2. The van der Waals surface area contributed by atoms with Gasteiger partial charge in [0.15, 0.2) is 0 Å². The van der Waals surface area contributed by atoms with Crippen LogP contribution in [0.2, 0.25) is 0 Å². The van der Waals surface area contributed by atoms with E-state index < -0.39 is 28.7 Å². The van der Waals surface area contributed by atoms with Gasteiger partial charge in [-0.1, -0.05) is 30.3 Å². The highest BCUT2D eigenvalue weighted by atomic mass is 19.1. The second kappa shape index (κ2) is 9.49. The molecule has 0 aromatic heterocycles. The van der Waals surface area contributed by atoms with Crippen molar-refractivity contribution in [2.75, 3.05) is 17.7 Å². The third-order valence-electron chi connectivity index (χ3n) is 4.38. The minimum Gasteiger partial charge on any atom is -0.444 e. The lowest BCUT2D eigenvalue weighted by Crippen LogP contribution is -2.26. The van der Waals surface area contributed by atoms with Crippen molar-refractivity contribution in [1.29, 1.82) is 0 Å². The van der Waals surface area contributed by atoms with Crippen LogP contribution in [0.1, 0.15) is 22.0 Å². The second-order valence-corrected chi connectivity index (χ2v) is 6.43. The maximum Gasteiger partial charge on any atom is 0.339 e. The maximum atomic E-state index is 13.1. The lowest BCUT2D eigenvalue weighted by atomic mass is 10.1. The van der Waals surface area contributed by atoms with Gasteiger partial charge in [-0.25, -0.2) is 9.18 Å². The number of esters is 1. The summed E-state index contributed by atoms with van der Waals surface area (Å²) in [6.45, 7) is 0. The average molecular weight is 423 g/mol. The zero-order valence-electron chi connectivity index (χ0n) is 16.4. The van der Waals surface area contributed by atoms with Gasteiger partial charge in [0, 0.05) is 24.4 Å². The van der Waals surface area contributed by atoms with Crippen molar-refractivity contribution in [3.63, 3.8) is 0 Å². The number of nitrogens with one attached hydrogen (secondary N) is 2. The zero-order chi connectivity index (χ0) is 22.4. The Morgan fingerprint density at radius 2 is 1.71 bits per heavy atom. The van der Waals surface area contributed by atoms with Gasteiger partial charge in [0.05, 0.1) is 10.5 Å². The fourth-order valence-electron chi connectivity index (χ4n) is 2.84. The van der Waals surface area contributed by atoms with Crippen molar-refractivity contribution in [3.05, 3.63) is 99.9 Å². The zero-order valence-corrected chi connectivity index (χ0v) is 16.4. The molecule has 9 heteroatoms. The molecule has 0 heterocycles. The van der Waals surface area contributed by atoms with Crippen molar-refractivity contribution in [1.82, 2.24) is 0 Å². The second-order valence-electron chi connectivity index (χ2n) is 6.43. The molecular formula is C22H18FN3O5. The first-order valence-electron chi connectivity index (χ1n) is 9.17. The van der Waals surface area contributed by atoms with E-state index in [1.807, 2.05) is 0 Å². The van der Waals surface area contributed by atoms with Crippen LogP contribution in [0.15, 0.2) is 72.8 Å². The molecule has 1 atom stereocenters. The summed E-state index contributed by atoms with van der Waals surface area (Å²) >= 11 is 0. The third kappa shape index (κ3) is 5.21. The van der Waals surface area contributed by atoms with E-state index in [0.717, 1.165) is 6.07 Å². The lowest BCUT2D eigenvalue weighted by Gasteiger charge is -2.18. The first-order chi connectivity index (χ1) is 14.9. The smallest absolute Gasteiger partial charge is 0.339 e. The summed E-state index contributed by atoms with van der Waals surface area (Å²) < 4.78 is 18.5. The van der Waals surface area contributed by atoms with Gasteiger partial charge in [-0.15, -0.1) is 0 Å². The van der Waals surface area contributed by atoms with Gasteiger partial charge in [-0.3, -0.25) is 14.9 Å². The highest BCUT2D eigenvalue weighted by Gasteiger charge is 2.27. The van der Waals surface area contributed by atoms with Crippen molar-refractivity contribution in [3.8, 4) is 0 Å². The highest BCUT2D eigenvalue weighted by molar-refractivity contribution is 5.98. The van der Waals surface area contributed by atoms with E-state index in [9.17, 15) is 24.1 Å². The van der Waals surface area contributed by atoms with Crippen LogP contribution in [0.5, 0.6) is 0 Å². The van der Waals surface area contributed by atoms with E-state index in [0.29, 0.717) is 11.3 Å². The number of carbonyl (C=O) groups excluding carboxylic acids is 2. The van der Waals surface area contributed by atoms with Gasteiger partial charge in [0.1, 0.15) is 11.5 Å². The average Bonchev–Trinajstić information content (AvgIpc) is 2.78. The number of nitro benzene ring substituents is 1. The van der Waals surface area contributed by atoms with Crippen molar-refractivity contribution in [2.45, 2.75) is 6.10 Å². The van der Waals surface area contributed by atoms with Crippen molar-refractivity contribution in [2.24, 2.45) is 0 Å². The molecule has 1 amide bonds. The fourth-order valence-corrected chi connectivity index (χ4v) is 2.84. The highest BCUT2D eigenvalue weighted by Crippen LogP contribution is 2.27. The van der Waals surface area contributed by atoms with Crippen LogP contribution in [0.4, 0.5) is 21.5 Å². The summed E-state index contributed by atoms with van der Waals surface area (Å²) in [6, 6.07) is 17.2. The van der Waals surface area contributed by atoms with Crippen LogP contribution in [-0.2, 0) is 9.53 Å². The number of hydrogen-bond acceptors (Lipinski definition) is 6. The Morgan fingerprint density at radius 1 is 1.03 bits per heavy atom. The molecule has 0 aliphatic heterocycles. The standard InChI is InChI=1S/C22H18FN3O5/c1-24-18-12-7-15(13-19(18)26(29)30)22(28)31-20(14-5-3-2-4-6-14)21(27)25-17-10-8-16(23)9-11-17/h2-13,20,24H,1H3,(H,25,27). The van der Waals surface area contributed by atoms with Crippen LogP contribution < -0.4 is 10.6 Å². The van der Waals surface area contributed by atoms with E-state index in [1.54, 1.807) is 30.3 Å². The number of nitrogens with zero attached hydrogens (tertiary/aromatic N) is 1. The molecule has 158 valence electrons. The topological polar surface area (TPSA) is 111 Å². The van der Waals surface area contributed by atoms with Crippen LogP contribution >= 0.6 is 0 Å². The number of amides is 1. The summed E-state index contributed by atoms with van der Waals surface area (Å²) in [5.41, 5.74) is 0.564. The van der Waals surface area contributed by atoms with Crippen molar-refractivity contribution >= 4 is 28.9 Å². The van der Waals surface area contributed by atoms with E-state index >= 15 is 0 Å². The molecule has 0 aliphatic carbocycles. The molecule has 31 heavy (non-hydrogen) atoms.